The number of rotatable bonds is 4. The van der Waals surface area contributed by atoms with Crippen molar-refractivity contribution in [3.05, 3.63) is 44.8 Å². The van der Waals surface area contributed by atoms with E-state index in [-0.39, 0.29) is 5.69 Å². The van der Waals surface area contributed by atoms with Gasteiger partial charge in [-0.3, -0.25) is 5.32 Å². The van der Waals surface area contributed by atoms with Crippen molar-refractivity contribution in [3.8, 4) is 0 Å². The lowest BCUT2D eigenvalue weighted by atomic mass is 10.2. The molecular formula is C16H18BrFN2O2S. The average molecular weight is 401 g/mol. The van der Waals surface area contributed by atoms with Crippen LogP contribution in [0.1, 0.15) is 25.6 Å². The predicted molar refractivity (Wildman–Crippen MR) is 95.6 cm³/mol. The molecule has 1 aromatic carbocycles. The number of thiophene rings is 1. The molecule has 4 nitrogen and oxygen atoms in total. The summed E-state index contributed by atoms with van der Waals surface area (Å²) in [5, 5.41) is 5.62. The maximum atomic E-state index is 13.8. The largest absolute Gasteiger partial charge is 0.444 e. The van der Waals surface area contributed by atoms with Crippen LogP contribution in [-0.4, -0.2) is 11.7 Å². The Balaban J connectivity index is 2.02. The zero-order valence-electron chi connectivity index (χ0n) is 13.1. The lowest BCUT2D eigenvalue weighted by Gasteiger charge is -2.20. The fourth-order valence-corrected chi connectivity index (χ4v) is 3.20. The van der Waals surface area contributed by atoms with Gasteiger partial charge in [-0.05, 0) is 67.0 Å². The Labute approximate surface area is 147 Å². The molecule has 1 heterocycles. The molecule has 124 valence electrons. The van der Waals surface area contributed by atoms with Crippen LogP contribution in [0.2, 0.25) is 0 Å². The second kappa shape index (κ2) is 7.31. The number of hydrogen-bond acceptors (Lipinski definition) is 4. The third-order valence-electron chi connectivity index (χ3n) is 2.70. The highest BCUT2D eigenvalue weighted by molar-refractivity contribution is 9.11. The third-order valence-corrected chi connectivity index (χ3v) is 4.32. The summed E-state index contributed by atoms with van der Waals surface area (Å²) < 4.78 is 20.0. The van der Waals surface area contributed by atoms with E-state index in [0.717, 1.165) is 8.66 Å². The molecule has 2 aromatic rings. The zero-order valence-corrected chi connectivity index (χ0v) is 15.5. The van der Waals surface area contributed by atoms with Crippen molar-refractivity contribution in [1.82, 2.24) is 0 Å². The van der Waals surface area contributed by atoms with Gasteiger partial charge >= 0.3 is 6.09 Å². The van der Waals surface area contributed by atoms with E-state index in [1.54, 1.807) is 44.2 Å². The van der Waals surface area contributed by atoms with Crippen molar-refractivity contribution in [3.63, 3.8) is 0 Å². The van der Waals surface area contributed by atoms with E-state index in [1.807, 2.05) is 12.1 Å². The normalized spacial score (nSPS) is 11.2. The minimum atomic E-state index is -0.685. The van der Waals surface area contributed by atoms with Crippen LogP contribution >= 0.6 is 27.3 Å². The highest BCUT2D eigenvalue weighted by Gasteiger charge is 2.17. The van der Waals surface area contributed by atoms with Gasteiger partial charge in [0.25, 0.3) is 0 Å². The second-order valence-electron chi connectivity index (χ2n) is 5.88. The molecule has 0 radical (unpaired) electrons. The molecule has 0 aliphatic heterocycles. The molecule has 23 heavy (non-hydrogen) atoms. The van der Waals surface area contributed by atoms with Gasteiger partial charge in [-0.1, -0.05) is 0 Å². The first-order valence-corrected chi connectivity index (χ1v) is 8.61. The number of amides is 1. The minimum Gasteiger partial charge on any atom is -0.444 e. The van der Waals surface area contributed by atoms with Crippen LogP contribution in [-0.2, 0) is 11.3 Å². The summed E-state index contributed by atoms with van der Waals surface area (Å²) in [6.07, 6.45) is -0.685. The molecule has 0 atom stereocenters. The summed E-state index contributed by atoms with van der Waals surface area (Å²) >= 11 is 5.03. The van der Waals surface area contributed by atoms with Crippen molar-refractivity contribution in [2.75, 3.05) is 10.6 Å². The number of hydrogen-bond donors (Lipinski definition) is 2. The smallest absolute Gasteiger partial charge is 0.412 e. The minimum absolute atomic E-state index is 0.0802. The number of nitrogens with one attached hydrogen (secondary N) is 2. The molecule has 0 aliphatic carbocycles. The van der Waals surface area contributed by atoms with Crippen molar-refractivity contribution in [1.29, 1.82) is 0 Å². The molecule has 0 bridgehead atoms. The monoisotopic (exact) mass is 400 g/mol. The Kier molecular flexibility index (Phi) is 5.64. The van der Waals surface area contributed by atoms with Gasteiger partial charge < -0.3 is 10.1 Å². The summed E-state index contributed by atoms with van der Waals surface area (Å²) in [6, 6.07) is 8.45. The molecule has 1 aromatic heterocycles. The van der Waals surface area contributed by atoms with Gasteiger partial charge in [0, 0.05) is 17.1 Å². The van der Waals surface area contributed by atoms with Crippen molar-refractivity contribution in [2.45, 2.75) is 32.9 Å². The van der Waals surface area contributed by atoms with Gasteiger partial charge in [-0.2, -0.15) is 0 Å². The molecule has 7 heteroatoms. The average Bonchev–Trinajstić information content (AvgIpc) is 2.83. The molecule has 0 saturated heterocycles. The summed E-state index contributed by atoms with van der Waals surface area (Å²) in [5.74, 6) is -0.514. The number of ether oxygens (including phenoxy) is 1. The van der Waals surface area contributed by atoms with Gasteiger partial charge in [0.05, 0.1) is 9.47 Å². The van der Waals surface area contributed by atoms with E-state index >= 15 is 0 Å². The van der Waals surface area contributed by atoms with Gasteiger partial charge in [0.1, 0.15) is 11.4 Å². The fourth-order valence-electron chi connectivity index (χ4n) is 1.78. The van der Waals surface area contributed by atoms with Crippen LogP contribution < -0.4 is 10.6 Å². The summed E-state index contributed by atoms with van der Waals surface area (Å²) in [5.41, 5.74) is 0.154. The molecule has 0 saturated carbocycles. The Morgan fingerprint density at radius 1 is 1.30 bits per heavy atom. The summed E-state index contributed by atoms with van der Waals surface area (Å²) in [7, 11) is 0. The van der Waals surface area contributed by atoms with Crippen LogP contribution in [0.15, 0.2) is 34.1 Å². The van der Waals surface area contributed by atoms with E-state index in [2.05, 4.69) is 26.6 Å². The van der Waals surface area contributed by atoms with Crippen LogP contribution in [0.25, 0.3) is 0 Å². The Hall–Kier alpha value is -1.60. The Morgan fingerprint density at radius 2 is 2.04 bits per heavy atom. The van der Waals surface area contributed by atoms with E-state index in [0.29, 0.717) is 12.2 Å². The first kappa shape index (κ1) is 17.7. The maximum absolute atomic E-state index is 13.8. The molecule has 1 amide bonds. The Bertz CT molecular complexity index is 698. The number of carbonyl (C=O) groups excluding carboxylic acids is 1. The van der Waals surface area contributed by atoms with Crippen molar-refractivity contribution in [2.24, 2.45) is 0 Å². The van der Waals surface area contributed by atoms with E-state index in [4.69, 9.17) is 4.74 Å². The quantitative estimate of drug-likeness (QED) is 0.700. The SMILES string of the molecule is CC(C)(C)OC(=O)Nc1cc(NCc2ccc(Br)s2)ccc1F. The molecule has 2 rings (SSSR count). The van der Waals surface area contributed by atoms with Crippen molar-refractivity contribution >= 4 is 44.7 Å². The third kappa shape index (κ3) is 5.84. The second-order valence-corrected chi connectivity index (χ2v) is 8.43. The zero-order chi connectivity index (χ0) is 17.0. The number of halogens is 2. The van der Waals surface area contributed by atoms with Crippen LogP contribution in [0.5, 0.6) is 0 Å². The van der Waals surface area contributed by atoms with E-state index < -0.39 is 17.5 Å². The summed E-state index contributed by atoms with van der Waals surface area (Å²) in [6.45, 7) is 5.87. The maximum Gasteiger partial charge on any atom is 0.412 e. The lowest BCUT2D eigenvalue weighted by molar-refractivity contribution is 0.0635. The van der Waals surface area contributed by atoms with Crippen LogP contribution in [0.3, 0.4) is 0 Å². The predicted octanol–water partition coefficient (Wildman–Crippen LogP) is 5.61. The molecule has 0 fully saturated rings. The van der Waals surface area contributed by atoms with Gasteiger partial charge in [-0.25, -0.2) is 9.18 Å². The molecule has 0 spiro atoms. The highest BCUT2D eigenvalue weighted by Crippen LogP contribution is 2.24. The van der Waals surface area contributed by atoms with Crippen LogP contribution in [0, 0.1) is 5.82 Å². The first-order valence-electron chi connectivity index (χ1n) is 7.00. The number of anilines is 2. The molecule has 0 unspecified atom stereocenters. The standard InChI is InChI=1S/C16H18BrFN2O2S/c1-16(2,3)22-15(21)20-13-8-10(4-6-12(13)18)19-9-11-5-7-14(17)23-11/h4-8,19H,9H2,1-3H3,(H,20,21). The Morgan fingerprint density at radius 3 is 2.65 bits per heavy atom. The first-order chi connectivity index (χ1) is 10.7. The molecule has 0 aliphatic rings. The number of benzene rings is 1. The van der Waals surface area contributed by atoms with Gasteiger partial charge in [0.2, 0.25) is 0 Å². The van der Waals surface area contributed by atoms with Crippen LogP contribution in [0.4, 0.5) is 20.6 Å². The van der Waals surface area contributed by atoms with Gasteiger partial charge in [0.15, 0.2) is 0 Å². The molecular weight excluding hydrogens is 383 g/mol. The summed E-state index contributed by atoms with van der Waals surface area (Å²) in [4.78, 5) is 12.9. The van der Waals surface area contributed by atoms with E-state index in [1.165, 1.54) is 6.07 Å². The lowest BCUT2D eigenvalue weighted by Crippen LogP contribution is -2.27. The molecule has 2 N–H and O–H groups in total. The van der Waals surface area contributed by atoms with Gasteiger partial charge in [-0.15, -0.1) is 11.3 Å². The van der Waals surface area contributed by atoms with E-state index in [9.17, 15) is 9.18 Å². The van der Waals surface area contributed by atoms with Crippen molar-refractivity contribution < 1.29 is 13.9 Å². The topological polar surface area (TPSA) is 50.4 Å². The fraction of sp³-hybridized carbons (Fsp3) is 0.312. The highest BCUT2D eigenvalue weighted by atomic mass is 79.9. The number of carbonyl (C=O) groups is 1.